The molecule has 0 spiro atoms. The third-order valence-electron chi connectivity index (χ3n) is 4.62. The molecule has 2 aromatic heterocycles. The number of H-pyrrole nitrogens is 1. The molecule has 32 heavy (non-hydrogen) atoms. The largest absolute Gasteiger partial charge is 0.491 e. The Labute approximate surface area is 189 Å². The summed E-state index contributed by atoms with van der Waals surface area (Å²) in [7, 11) is -4.74. The molecule has 0 amide bonds. The fourth-order valence-corrected chi connectivity index (χ4v) is 5.36. The first kappa shape index (κ1) is 24.1. The quantitative estimate of drug-likeness (QED) is 0.404. The number of rotatable bonds is 10. The van der Waals surface area contributed by atoms with Gasteiger partial charge in [-0.25, -0.2) is 8.42 Å². The summed E-state index contributed by atoms with van der Waals surface area (Å²) in [5.74, 6) is -1.58. The Morgan fingerprint density at radius 3 is 2.69 bits per heavy atom. The molecule has 0 radical (unpaired) electrons. The van der Waals surface area contributed by atoms with Crippen LogP contribution in [0.4, 0.5) is 18.9 Å². The number of hydrogen-bond donors (Lipinski definition) is 1. The van der Waals surface area contributed by atoms with Crippen molar-refractivity contribution in [2.45, 2.75) is 45.5 Å². The summed E-state index contributed by atoms with van der Waals surface area (Å²) in [5, 5.41) is 8.62. The highest BCUT2D eigenvalue weighted by molar-refractivity contribution is 7.92. The van der Waals surface area contributed by atoms with E-state index in [1.165, 1.54) is 29.7 Å². The molecule has 174 valence electrons. The lowest BCUT2D eigenvalue weighted by Gasteiger charge is -2.26. The van der Waals surface area contributed by atoms with Crippen LogP contribution < -0.4 is 9.04 Å². The standard InChI is InChI=1S/C21H24F3N3O3S2/c1-3-6-15(2)30-18-8-4-7-17(11-18)27(32(28,29)14-21(22,23)24)13-16-12-25-26-20(16)19-9-5-10-31-19/h4-5,7-12,15H,3,6,13-14H2,1-2H3,(H,25,26). The fourth-order valence-electron chi connectivity index (χ4n) is 3.26. The molecule has 0 saturated carbocycles. The number of benzene rings is 1. The van der Waals surface area contributed by atoms with Crippen molar-refractivity contribution in [3.63, 3.8) is 0 Å². The van der Waals surface area contributed by atoms with Crippen LogP contribution in [0.1, 0.15) is 32.3 Å². The predicted molar refractivity (Wildman–Crippen MR) is 119 cm³/mol. The van der Waals surface area contributed by atoms with Gasteiger partial charge >= 0.3 is 6.18 Å². The van der Waals surface area contributed by atoms with E-state index in [2.05, 4.69) is 10.2 Å². The van der Waals surface area contributed by atoms with Gasteiger partial charge in [0.05, 0.1) is 35.1 Å². The van der Waals surface area contributed by atoms with Crippen LogP contribution in [0.3, 0.4) is 0 Å². The van der Waals surface area contributed by atoms with Gasteiger partial charge in [0, 0.05) is 11.6 Å². The number of nitrogens with one attached hydrogen (secondary N) is 1. The third kappa shape index (κ3) is 6.26. The Kier molecular flexibility index (Phi) is 7.50. The maximum absolute atomic E-state index is 13.1. The number of ether oxygens (including phenoxy) is 1. The zero-order chi connectivity index (χ0) is 23.4. The van der Waals surface area contributed by atoms with Crippen molar-refractivity contribution >= 4 is 27.0 Å². The Morgan fingerprint density at radius 1 is 1.25 bits per heavy atom. The average Bonchev–Trinajstić information content (AvgIpc) is 3.36. The second-order valence-corrected chi connectivity index (χ2v) is 10.2. The number of halogens is 3. The highest BCUT2D eigenvalue weighted by atomic mass is 32.2. The molecular formula is C21H24F3N3O3S2. The summed E-state index contributed by atoms with van der Waals surface area (Å²) in [6.45, 7) is 3.58. The molecule has 11 heteroatoms. The summed E-state index contributed by atoms with van der Waals surface area (Å²) in [5.41, 5.74) is 1.12. The molecular weight excluding hydrogens is 463 g/mol. The van der Waals surface area contributed by atoms with E-state index >= 15 is 0 Å². The van der Waals surface area contributed by atoms with Crippen LogP contribution in [0, 0.1) is 0 Å². The molecule has 6 nitrogen and oxygen atoms in total. The van der Waals surface area contributed by atoms with Crippen LogP contribution in [0.2, 0.25) is 0 Å². The van der Waals surface area contributed by atoms with E-state index in [1.807, 2.05) is 31.4 Å². The first-order valence-electron chi connectivity index (χ1n) is 9.99. The van der Waals surface area contributed by atoms with Crippen LogP contribution in [-0.4, -0.2) is 36.6 Å². The van der Waals surface area contributed by atoms with Crippen LogP contribution in [0.25, 0.3) is 10.6 Å². The van der Waals surface area contributed by atoms with Gasteiger partial charge in [-0.15, -0.1) is 11.3 Å². The van der Waals surface area contributed by atoms with E-state index in [0.717, 1.165) is 22.0 Å². The molecule has 1 atom stereocenters. The van der Waals surface area contributed by atoms with E-state index in [1.54, 1.807) is 12.1 Å². The fraction of sp³-hybridized carbons (Fsp3) is 0.381. The number of alkyl halides is 3. The van der Waals surface area contributed by atoms with Crippen LogP contribution in [-0.2, 0) is 16.6 Å². The summed E-state index contributed by atoms with van der Waals surface area (Å²) < 4.78 is 71.6. The van der Waals surface area contributed by atoms with Crippen molar-refractivity contribution in [2.75, 3.05) is 10.1 Å². The van der Waals surface area contributed by atoms with Gasteiger partial charge < -0.3 is 4.74 Å². The minimum absolute atomic E-state index is 0.0915. The molecule has 1 aromatic carbocycles. The van der Waals surface area contributed by atoms with Gasteiger partial charge in [-0.1, -0.05) is 25.5 Å². The molecule has 0 saturated heterocycles. The smallest absolute Gasteiger partial charge is 0.404 e. The summed E-state index contributed by atoms with van der Waals surface area (Å²) in [4.78, 5) is 0.802. The Hall–Kier alpha value is -2.53. The van der Waals surface area contributed by atoms with E-state index in [0.29, 0.717) is 17.0 Å². The number of nitrogens with zero attached hydrogens (tertiary/aromatic N) is 2. The molecule has 0 fully saturated rings. The minimum Gasteiger partial charge on any atom is -0.491 e. The highest BCUT2D eigenvalue weighted by Gasteiger charge is 2.39. The Bertz CT molecular complexity index is 1110. The number of anilines is 1. The zero-order valence-corrected chi connectivity index (χ0v) is 19.2. The molecule has 0 aliphatic heterocycles. The van der Waals surface area contributed by atoms with Crippen molar-refractivity contribution in [1.29, 1.82) is 0 Å². The van der Waals surface area contributed by atoms with Crippen molar-refractivity contribution < 1.29 is 26.3 Å². The van der Waals surface area contributed by atoms with Gasteiger partial charge in [0.15, 0.2) is 5.75 Å². The molecule has 1 unspecified atom stereocenters. The summed E-state index contributed by atoms with van der Waals surface area (Å²) >= 11 is 1.41. The monoisotopic (exact) mass is 487 g/mol. The van der Waals surface area contributed by atoms with Gasteiger partial charge in [-0.05, 0) is 36.9 Å². The molecule has 0 aliphatic rings. The lowest BCUT2D eigenvalue weighted by molar-refractivity contribution is -0.106. The molecule has 3 rings (SSSR count). The van der Waals surface area contributed by atoms with E-state index in [-0.39, 0.29) is 18.3 Å². The lowest BCUT2D eigenvalue weighted by Crippen LogP contribution is -2.37. The zero-order valence-electron chi connectivity index (χ0n) is 17.6. The van der Waals surface area contributed by atoms with Gasteiger partial charge in [0.2, 0.25) is 10.0 Å². The number of sulfonamides is 1. The van der Waals surface area contributed by atoms with Gasteiger partial charge in [-0.3, -0.25) is 9.40 Å². The number of hydrogen-bond acceptors (Lipinski definition) is 5. The maximum Gasteiger partial charge on any atom is 0.404 e. The molecule has 0 aliphatic carbocycles. The van der Waals surface area contributed by atoms with Gasteiger partial charge in [0.25, 0.3) is 0 Å². The van der Waals surface area contributed by atoms with Crippen LogP contribution >= 0.6 is 11.3 Å². The molecule has 1 N–H and O–H groups in total. The minimum atomic E-state index is -4.88. The van der Waals surface area contributed by atoms with E-state index in [4.69, 9.17) is 4.74 Å². The average molecular weight is 488 g/mol. The topological polar surface area (TPSA) is 75.3 Å². The summed E-state index contributed by atoms with van der Waals surface area (Å²) in [6, 6.07) is 9.76. The number of thiophene rings is 1. The number of aromatic amines is 1. The normalized spacial score (nSPS) is 13.2. The Balaban J connectivity index is 1.99. The summed E-state index contributed by atoms with van der Waals surface area (Å²) in [6.07, 6.45) is -1.88. The van der Waals surface area contributed by atoms with Crippen molar-refractivity contribution in [2.24, 2.45) is 0 Å². The number of aromatic nitrogens is 2. The van der Waals surface area contributed by atoms with Gasteiger partial charge in [0.1, 0.15) is 5.75 Å². The molecule has 2 heterocycles. The van der Waals surface area contributed by atoms with E-state index < -0.39 is 22.0 Å². The highest BCUT2D eigenvalue weighted by Crippen LogP contribution is 2.32. The van der Waals surface area contributed by atoms with Crippen molar-refractivity contribution in [1.82, 2.24) is 10.2 Å². The van der Waals surface area contributed by atoms with Gasteiger partial charge in [-0.2, -0.15) is 18.3 Å². The third-order valence-corrected chi connectivity index (χ3v) is 7.21. The predicted octanol–water partition coefficient (Wildman–Crippen LogP) is 5.60. The SMILES string of the molecule is CCCC(C)Oc1cccc(N(Cc2cn[nH]c2-c2cccs2)S(=O)(=O)CC(F)(F)F)c1. The maximum atomic E-state index is 13.1. The second kappa shape index (κ2) is 9.95. The van der Waals surface area contributed by atoms with E-state index in [9.17, 15) is 21.6 Å². The lowest BCUT2D eigenvalue weighted by atomic mass is 10.2. The molecule has 0 bridgehead atoms. The van der Waals surface area contributed by atoms with Crippen LogP contribution in [0.5, 0.6) is 5.75 Å². The van der Waals surface area contributed by atoms with Crippen molar-refractivity contribution in [3.8, 4) is 16.3 Å². The van der Waals surface area contributed by atoms with Crippen LogP contribution in [0.15, 0.2) is 48.0 Å². The first-order valence-corrected chi connectivity index (χ1v) is 12.5. The molecule has 3 aromatic rings. The first-order chi connectivity index (χ1) is 15.1. The second-order valence-electron chi connectivity index (χ2n) is 7.34. The van der Waals surface area contributed by atoms with Crippen molar-refractivity contribution in [3.05, 3.63) is 53.5 Å². The Morgan fingerprint density at radius 2 is 2.03 bits per heavy atom.